The third-order valence-electron chi connectivity index (χ3n) is 5.72. The summed E-state index contributed by atoms with van der Waals surface area (Å²) in [6, 6.07) is 13.4. The van der Waals surface area contributed by atoms with E-state index in [2.05, 4.69) is 22.1 Å². The lowest BCUT2D eigenvalue weighted by molar-refractivity contribution is -0.0567. The van der Waals surface area contributed by atoms with Gasteiger partial charge in [-0.25, -0.2) is 9.37 Å². The molecule has 0 saturated heterocycles. The molecular formula is C29H33FN4O4. The lowest BCUT2D eigenvalue weighted by Crippen LogP contribution is -2.43. The van der Waals surface area contributed by atoms with Crippen molar-refractivity contribution in [1.29, 1.82) is 0 Å². The topological polar surface area (TPSA) is 108 Å². The molecule has 1 aromatic heterocycles. The van der Waals surface area contributed by atoms with E-state index >= 15 is 0 Å². The van der Waals surface area contributed by atoms with E-state index in [1.54, 1.807) is 13.8 Å². The first-order chi connectivity index (χ1) is 18.3. The fourth-order valence-electron chi connectivity index (χ4n) is 3.90. The Bertz CT molecular complexity index is 1390. The minimum Gasteiger partial charge on any atom is -0.481 e. The van der Waals surface area contributed by atoms with Crippen molar-refractivity contribution in [2.75, 3.05) is 13.2 Å². The molecule has 0 radical (unpaired) electrons. The maximum absolute atomic E-state index is 13.7. The molecule has 200 valence electrons. The summed E-state index contributed by atoms with van der Waals surface area (Å²) in [5, 5.41) is 2.76. The molecule has 0 aliphatic carbocycles. The third-order valence-corrected chi connectivity index (χ3v) is 5.72. The van der Waals surface area contributed by atoms with Crippen LogP contribution < -0.4 is 21.3 Å². The van der Waals surface area contributed by atoms with Crippen molar-refractivity contribution in [3.63, 3.8) is 0 Å². The number of nitrogens with one attached hydrogen (secondary N) is 1. The van der Waals surface area contributed by atoms with E-state index in [1.807, 2.05) is 44.2 Å². The van der Waals surface area contributed by atoms with Crippen LogP contribution in [0.2, 0.25) is 0 Å². The summed E-state index contributed by atoms with van der Waals surface area (Å²) in [6.45, 7) is 8.45. The zero-order valence-electron chi connectivity index (χ0n) is 22.1. The summed E-state index contributed by atoms with van der Waals surface area (Å²) >= 11 is 0. The number of ether oxygens (including phenoxy) is 2. The molecule has 8 nitrogen and oxygen atoms in total. The second-order valence-corrected chi connectivity index (χ2v) is 8.69. The maximum Gasteiger partial charge on any atom is 0.296 e. The van der Waals surface area contributed by atoms with Crippen LogP contribution in [0.4, 0.5) is 4.39 Å². The normalized spacial score (nSPS) is 13.2. The summed E-state index contributed by atoms with van der Waals surface area (Å²) in [5.41, 5.74) is 5.82. The number of amides is 1. The van der Waals surface area contributed by atoms with Crippen molar-refractivity contribution in [3.8, 4) is 17.6 Å². The van der Waals surface area contributed by atoms with Gasteiger partial charge in [-0.1, -0.05) is 62.1 Å². The largest absolute Gasteiger partial charge is 0.481 e. The highest BCUT2D eigenvalue weighted by Gasteiger charge is 2.35. The molecule has 4 rings (SSSR count). The van der Waals surface area contributed by atoms with Crippen molar-refractivity contribution in [3.05, 3.63) is 92.9 Å². The number of rotatable bonds is 6. The van der Waals surface area contributed by atoms with Crippen LogP contribution in [0.15, 0.2) is 53.3 Å². The average molecular weight is 521 g/mol. The molecule has 0 unspecified atom stereocenters. The van der Waals surface area contributed by atoms with Crippen LogP contribution in [-0.4, -0.2) is 28.6 Å². The minimum atomic E-state index is -0.869. The second-order valence-electron chi connectivity index (χ2n) is 8.69. The van der Waals surface area contributed by atoms with Crippen molar-refractivity contribution < 1.29 is 18.7 Å². The number of hydrogen-bond donors (Lipinski definition) is 2. The number of hydrogen-bond acceptors (Lipinski definition) is 6. The van der Waals surface area contributed by atoms with Crippen LogP contribution in [0.3, 0.4) is 0 Å². The highest BCUT2D eigenvalue weighted by molar-refractivity contribution is 5.94. The van der Waals surface area contributed by atoms with E-state index in [4.69, 9.17) is 15.2 Å². The van der Waals surface area contributed by atoms with Crippen molar-refractivity contribution in [2.45, 2.75) is 53.0 Å². The molecule has 2 heterocycles. The lowest BCUT2D eigenvalue weighted by Gasteiger charge is -2.32. The van der Waals surface area contributed by atoms with Crippen LogP contribution in [0.25, 0.3) is 0 Å². The first kappa shape index (κ1) is 28.6. The van der Waals surface area contributed by atoms with Gasteiger partial charge in [0.2, 0.25) is 5.75 Å². The predicted octanol–water partition coefficient (Wildman–Crippen LogP) is 3.49. The van der Waals surface area contributed by atoms with E-state index in [0.29, 0.717) is 30.1 Å². The molecule has 0 atom stereocenters. The van der Waals surface area contributed by atoms with E-state index in [9.17, 15) is 14.0 Å². The monoisotopic (exact) mass is 520 g/mol. The fraction of sp³-hybridized carbons (Fsp3) is 0.345. The zero-order chi connectivity index (χ0) is 27.7. The Morgan fingerprint density at radius 3 is 2.68 bits per heavy atom. The predicted molar refractivity (Wildman–Crippen MR) is 143 cm³/mol. The molecule has 1 amide bonds. The minimum absolute atomic E-state index is 0.0335. The first-order valence-corrected chi connectivity index (χ1v) is 12.5. The van der Waals surface area contributed by atoms with Crippen LogP contribution in [0, 0.1) is 17.7 Å². The Balaban J connectivity index is 0.00000195. The number of benzene rings is 2. The lowest BCUT2D eigenvalue weighted by atomic mass is 10.1. The molecule has 0 spiro atoms. The van der Waals surface area contributed by atoms with E-state index in [-0.39, 0.29) is 31.1 Å². The Labute approximate surface area is 222 Å². The summed E-state index contributed by atoms with van der Waals surface area (Å²) < 4.78 is 26.9. The molecular weight excluding hydrogens is 487 g/mol. The van der Waals surface area contributed by atoms with Gasteiger partial charge in [0.05, 0.1) is 19.7 Å². The van der Waals surface area contributed by atoms with Gasteiger partial charge in [-0.15, -0.1) is 0 Å². The van der Waals surface area contributed by atoms with Crippen molar-refractivity contribution in [1.82, 2.24) is 14.9 Å². The fourth-order valence-corrected chi connectivity index (χ4v) is 3.90. The molecule has 0 fully saturated rings. The van der Waals surface area contributed by atoms with E-state index in [1.165, 1.54) is 22.8 Å². The van der Waals surface area contributed by atoms with Gasteiger partial charge in [-0.2, -0.15) is 0 Å². The summed E-state index contributed by atoms with van der Waals surface area (Å²) in [7, 11) is 0. The highest BCUT2D eigenvalue weighted by Crippen LogP contribution is 2.28. The molecule has 9 heteroatoms. The van der Waals surface area contributed by atoms with Gasteiger partial charge < -0.3 is 20.5 Å². The first-order valence-electron chi connectivity index (χ1n) is 12.5. The quantitative estimate of drug-likeness (QED) is 0.482. The van der Waals surface area contributed by atoms with Gasteiger partial charge in [-0.05, 0) is 37.1 Å². The molecule has 1 aliphatic heterocycles. The average Bonchev–Trinajstić information content (AvgIpc) is 2.92. The zero-order valence-corrected chi connectivity index (χ0v) is 22.1. The van der Waals surface area contributed by atoms with Gasteiger partial charge in [0, 0.05) is 12.1 Å². The summed E-state index contributed by atoms with van der Waals surface area (Å²) in [6.07, 6.45) is 0. The molecule has 0 saturated carbocycles. The van der Waals surface area contributed by atoms with Gasteiger partial charge in [0.1, 0.15) is 23.8 Å². The van der Waals surface area contributed by atoms with E-state index in [0.717, 1.165) is 5.56 Å². The van der Waals surface area contributed by atoms with Crippen molar-refractivity contribution >= 4 is 5.91 Å². The Kier molecular flexibility index (Phi) is 9.77. The third kappa shape index (κ3) is 6.65. The molecule has 3 N–H and O–H groups in total. The van der Waals surface area contributed by atoms with Crippen LogP contribution in [-0.2, 0) is 30.0 Å². The Morgan fingerprint density at radius 2 is 1.97 bits per heavy atom. The number of halogens is 1. The Morgan fingerprint density at radius 1 is 1.24 bits per heavy atom. The number of carbonyl (C=O) groups excluding carboxylic acids is 1. The van der Waals surface area contributed by atoms with Crippen molar-refractivity contribution in [2.24, 2.45) is 5.73 Å². The Hall–Kier alpha value is -4.00. The standard InChI is InChI=1S/C27H27FN4O4.C2H6/c1-27(2)26-31-22(24(33)30-16-20-10-11-21(28)15-19(20)9-6-12-29)23(25(34)32(26)13-14-36-27)35-17-18-7-4-3-5-8-18;1-2/h3-5,7-8,10-11,15H,12-14,16-17,29H2,1-2H3,(H,30,33);1-2H3. The molecule has 0 bridgehead atoms. The number of aromatic nitrogens is 2. The van der Waals surface area contributed by atoms with Crippen LogP contribution in [0.5, 0.6) is 5.75 Å². The van der Waals surface area contributed by atoms with Gasteiger partial charge >= 0.3 is 0 Å². The second kappa shape index (κ2) is 13.0. The number of carbonyl (C=O) groups is 1. The van der Waals surface area contributed by atoms with Gasteiger partial charge in [0.15, 0.2) is 5.69 Å². The number of nitrogens with two attached hydrogens (primary N) is 1. The van der Waals surface area contributed by atoms with Crippen LogP contribution >= 0.6 is 0 Å². The number of fused-ring (bicyclic) bond motifs is 1. The molecule has 3 aromatic rings. The SMILES string of the molecule is CC.CC1(C)OCCn2c1nc(C(=O)NCc1ccc(F)cc1C#CCN)c(OCc1ccccc1)c2=O. The maximum atomic E-state index is 13.7. The molecule has 2 aromatic carbocycles. The summed E-state index contributed by atoms with van der Waals surface area (Å²) in [5.74, 6) is 4.65. The van der Waals surface area contributed by atoms with Gasteiger partial charge in [-0.3, -0.25) is 14.2 Å². The highest BCUT2D eigenvalue weighted by atomic mass is 19.1. The van der Waals surface area contributed by atoms with Gasteiger partial charge in [0.25, 0.3) is 11.5 Å². The number of nitrogens with zero attached hydrogens (tertiary/aromatic N) is 2. The van der Waals surface area contributed by atoms with Crippen LogP contribution in [0.1, 0.15) is 60.7 Å². The molecule has 38 heavy (non-hydrogen) atoms. The van der Waals surface area contributed by atoms with E-state index < -0.39 is 22.9 Å². The molecule has 1 aliphatic rings. The summed E-state index contributed by atoms with van der Waals surface area (Å²) in [4.78, 5) is 31.3. The smallest absolute Gasteiger partial charge is 0.296 e.